The number of amides is 1. The van der Waals surface area contributed by atoms with E-state index in [1.165, 1.54) is 0 Å². The van der Waals surface area contributed by atoms with Gasteiger partial charge in [-0.2, -0.15) is 0 Å². The first kappa shape index (κ1) is 11.9. The van der Waals surface area contributed by atoms with Crippen LogP contribution in [-0.4, -0.2) is 36.2 Å². The maximum Gasteiger partial charge on any atom is 0.223 e. The zero-order chi connectivity index (χ0) is 11.4. The molecule has 2 fully saturated rings. The van der Waals surface area contributed by atoms with E-state index in [0.717, 1.165) is 51.6 Å². The van der Waals surface area contributed by atoms with E-state index in [2.05, 4.69) is 10.6 Å². The van der Waals surface area contributed by atoms with E-state index in [4.69, 9.17) is 0 Å². The van der Waals surface area contributed by atoms with E-state index in [1.54, 1.807) is 0 Å². The Labute approximate surface area is 96.8 Å². The van der Waals surface area contributed by atoms with Crippen molar-refractivity contribution in [3.8, 4) is 0 Å². The van der Waals surface area contributed by atoms with Crippen LogP contribution in [-0.2, 0) is 4.79 Å². The van der Waals surface area contributed by atoms with Crippen LogP contribution in [0.15, 0.2) is 0 Å². The van der Waals surface area contributed by atoms with Gasteiger partial charge < -0.3 is 15.7 Å². The Hall–Kier alpha value is -0.610. The highest BCUT2D eigenvalue weighted by atomic mass is 16.3. The van der Waals surface area contributed by atoms with Crippen molar-refractivity contribution < 1.29 is 9.90 Å². The molecule has 4 heteroatoms. The average molecular weight is 226 g/mol. The molecule has 92 valence electrons. The van der Waals surface area contributed by atoms with Gasteiger partial charge >= 0.3 is 0 Å². The number of carbonyl (C=O) groups is 1. The highest BCUT2D eigenvalue weighted by Crippen LogP contribution is 2.28. The number of hydrogen-bond donors (Lipinski definition) is 3. The normalized spacial score (nSPS) is 30.1. The van der Waals surface area contributed by atoms with Crippen molar-refractivity contribution >= 4 is 5.91 Å². The Morgan fingerprint density at radius 2 is 1.75 bits per heavy atom. The van der Waals surface area contributed by atoms with Gasteiger partial charge in [0.1, 0.15) is 0 Å². The lowest BCUT2D eigenvalue weighted by atomic mass is 9.93. The molecule has 2 aliphatic rings. The number of rotatable bonds is 5. The van der Waals surface area contributed by atoms with Crippen molar-refractivity contribution in [1.82, 2.24) is 10.6 Å². The van der Waals surface area contributed by atoms with Crippen molar-refractivity contribution in [3.63, 3.8) is 0 Å². The van der Waals surface area contributed by atoms with Gasteiger partial charge in [-0.15, -0.1) is 0 Å². The van der Waals surface area contributed by atoms with E-state index in [-0.39, 0.29) is 12.0 Å². The number of aliphatic hydroxyl groups excluding tert-OH is 1. The molecular formula is C12H22N2O2. The molecule has 0 aromatic carbocycles. The summed E-state index contributed by atoms with van der Waals surface area (Å²) in [5.41, 5.74) is 0. The average Bonchev–Trinajstić information content (AvgIpc) is 3.10. The predicted molar refractivity (Wildman–Crippen MR) is 62.0 cm³/mol. The SMILES string of the molecule is O=C(NCCNC1CCC(O)CC1)C1CC1. The summed E-state index contributed by atoms with van der Waals surface area (Å²) >= 11 is 0. The summed E-state index contributed by atoms with van der Waals surface area (Å²) < 4.78 is 0. The van der Waals surface area contributed by atoms with Crippen molar-refractivity contribution in [3.05, 3.63) is 0 Å². The lowest BCUT2D eigenvalue weighted by Gasteiger charge is -2.26. The van der Waals surface area contributed by atoms with Gasteiger partial charge in [0.25, 0.3) is 0 Å². The van der Waals surface area contributed by atoms with Crippen LogP contribution in [0.5, 0.6) is 0 Å². The summed E-state index contributed by atoms with van der Waals surface area (Å²) in [5.74, 6) is 0.533. The molecule has 0 aliphatic heterocycles. The van der Waals surface area contributed by atoms with Crippen molar-refractivity contribution in [2.75, 3.05) is 13.1 Å². The molecule has 3 N–H and O–H groups in total. The fraction of sp³-hybridized carbons (Fsp3) is 0.917. The first-order valence-corrected chi connectivity index (χ1v) is 6.45. The second-order valence-electron chi connectivity index (χ2n) is 5.02. The van der Waals surface area contributed by atoms with E-state index in [9.17, 15) is 9.90 Å². The minimum atomic E-state index is -0.0902. The molecule has 2 rings (SSSR count). The molecule has 4 nitrogen and oxygen atoms in total. The van der Waals surface area contributed by atoms with Crippen LogP contribution < -0.4 is 10.6 Å². The third-order valence-electron chi connectivity index (χ3n) is 3.50. The molecule has 0 saturated heterocycles. The van der Waals surface area contributed by atoms with Crippen LogP contribution in [0.3, 0.4) is 0 Å². The molecule has 0 bridgehead atoms. The third-order valence-corrected chi connectivity index (χ3v) is 3.50. The Morgan fingerprint density at radius 1 is 1.06 bits per heavy atom. The molecule has 16 heavy (non-hydrogen) atoms. The van der Waals surface area contributed by atoms with Crippen LogP contribution in [0.2, 0.25) is 0 Å². The first-order valence-electron chi connectivity index (χ1n) is 6.45. The fourth-order valence-electron chi connectivity index (χ4n) is 2.23. The second kappa shape index (κ2) is 5.64. The lowest BCUT2D eigenvalue weighted by molar-refractivity contribution is -0.122. The molecule has 2 saturated carbocycles. The van der Waals surface area contributed by atoms with Crippen molar-refractivity contribution in [2.24, 2.45) is 5.92 Å². The molecule has 0 aromatic rings. The van der Waals surface area contributed by atoms with Gasteiger partial charge in [-0.1, -0.05) is 0 Å². The van der Waals surface area contributed by atoms with E-state index in [1.807, 2.05) is 0 Å². The monoisotopic (exact) mass is 226 g/mol. The molecular weight excluding hydrogens is 204 g/mol. The zero-order valence-electron chi connectivity index (χ0n) is 9.74. The fourth-order valence-corrected chi connectivity index (χ4v) is 2.23. The summed E-state index contributed by atoms with van der Waals surface area (Å²) in [7, 11) is 0. The van der Waals surface area contributed by atoms with Crippen LogP contribution in [0, 0.1) is 5.92 Å². The maximum atomic E-state index is 11.3. The quantitative estimate of drug-likeness (QED) is 0.595. The molecule has 0 radical (unpaired) electrons. The van der Waals surface area contributed by atoms with Gasteiger partial charge in [-0.3, -0.25) is 4.79 Å². The summed E-state index contributed by atoms with van der Waals surface area (Å²) in [4.78, 5) is 11.3. The lowest BCUT2D eigenvalue weighted by Crippen LogP contribution is -2.39. The second-order valence-corrected chi connectivity index (χ2v) is 5.02. The first-order chi connectivity index (χ1) is 7.75. The maximum absolute atomic E-state index is 11.3. The van der Waals surface area contributed by atoms with Gasteiger partial charge in [0.15, 0.2) is 0 Å². The summed E-state index contributed by atoms with van der Waals surface area (Å²) in [6, 6.07) is 0.529. The topological polar surface area (TPSA) is 61.4 Å². The van der Waals surface area contributed by atoms with Crippen LogP contribution >= 0.6 is 0 Å². The van der Waals surface area contributed by atoms with E-state index in [0.29, 0.717) is 12.0 Å². The Morgan fingerprint density at radius 3 is 2.38 bits per heavy atom. The summed E-state index contributed by atoms with van der Waals surface area (Å²) in [6.07, 6.45) is 5.97. The molecule has 0 spiro atoms. The minimum Gasteiger partial charge on any atom is -0.393 e. The van der Waals surface area contributed by atoms with Gasteiger partial charge in [-0.05, 0) is 38.5 Å². The molecule has 0 atom stereocenters. The Kier molecular flexibility index (Phi) is 4.18. The molecule has 0 heterocycles. The number of hydrogen-bond acceptors (Lipinski definition) is 3. The van der Waals surface area contributed by atoms with Gasteiger partial charge in [-0.25, -0.2) is 0 Å². The molecule has 1 amide bonds. The minimum absolute atomic E-state index is 0.0902. The summed E-state index contributed by atoms with van der Waals surface area (Å²) in [5, 5.41) is 15.7. The summed E-state index contributed by atoms with van der Waals surface area (Å²) in [6.45, 7) is 1.58. The van der Waals surface area contributed by atoms with Gasteiger partial charge in [0, 0.05) is 25.0 Å². The van der Waals surface area contributed by atoms with Gasteiger partial charge in [0.05, 0.1) is 6.10 Å². The van der Waals surface area contributed by atoms with Crippen LogP contribution in [0.1, 0.15) is 38.5 Å². The van der Waals surface area contributed by atoms with Crippen molar-refractivity contribution in [1.29, 1.82) is 0 Å². The Bertz CT molecular complexity index is 233. The van der Waals surface area contributed by atoms with Crippen molar-refractivity contribution in [2.45, 2.75) is 50.7 Å². The smallest absolute Gasteiger partial charge is 0.223 e. The standard InChI is InChI=1S/C12H22N2O2/c15-11-5-3-10(4-6-11)13-7-8-14-12(16)9-1-2-9/h9-11,13,15H,1-8H2,(H,14,16). The number of aliphatic hydroxyl groups is 1. The third kappa shape index (κ3) is 3.76. The number of nitrogens with one attached hydrogen (secondary N) is 2. The van der Waals surface area contributed by atoms with E-state index < -0.39 is 0 Å². The highest BCUT2D eigenvalue weighted by molar-refractivity contribution is 5.80. The predicted octanol–water partition coefficient (Wildman–Crippen LogP) is 0.406. The number of carbonyl (C=O) groups excluding carboxylic acids is 1. The van der Waals surface area contributed by atoms with Crippen LogP contribution in [0.4, 0.5) is 0 Å². The molecule has 2 aliphatic carbocycles. The largest absolute Gasteiger partial charge is 0.393 e. The highest BCUT2D eigenvalue weighted by Gasteiger charge is 2.29. The Balaban J connectivity index is 1.49. The molecule has 0 aromatic heterocycles. The van der Waals surface area contributed by atoms with Gasteiger partial charge in [0.2, 0.25) is 5.91 Å². The zero-order valence-corrected chi connectivity index (χ0v) is 9.74. The van der Waals surface area contributed by atoms with E-state index >= 15 is 0 Å². The van der Waals surface area contributed by atoms with Crippen LogP contribution in [0.25, 0.3) is 0 Å². The molecule has 0 unspecified atom stereocenters.